The summed E-state index contributed by atoms with van der Waals surface area (Å²) in [5, 5.41) is 0. The van der Waals surface area contributed by atoms with Gasteiger partial charge in [-0.05, 0) is 48.6 Å². The highest BCUT2D eigenvalue weighted by Crippen LogP contribution is 2.32. The fraction of sp³-hybridized carbons (Fsp3) is 0.400. The molecule has 2 rings (SSSR count). The predicted molar refractivity (Wildman–Crippen MR) is 98.1 cm³/mol. The second kappa shape index (κ2) is 7.04. The van der Waals surface area contributed by atoms with Crippen LogP contribution in [0.3, 0.4) is 0 Å². The zero-order valence-electron chi connectivity index (χ0n) is 15.4. The van der Waals surface area contributed by atoms with E-state index in [9.17, 15) is 4.79 Å². The summed E-state index contributed by atoms with van der Waals surface area (Å²) in [6.45, 7) is 11.6. The number of methoxy groups -OCH3 is 1. The number of pyridine rings is 1. The molecule has 0 bridgehead atoms. The van der Waals surface area contributed by atoms with Crippen LogP contribution < -0.4 is 4.90 Å². The van der Waals surface area contributed by atoms with Gasteiger partial charge in [0.1, 0.15) is 5.82 Å². The number of carbonyl (C=O) groups is 1. The van der Waals surface area contributed by atoms with Gasteiger partial charge in [-0.3, -0.25) is 0 Å². The average Bonchev–Trinajstić information content (AvgIpc) is 2.56. The summed E-state index contributed by atoms with van der Waals surface area (Å²) in [7, 11) is 1.37. The molecule has 0 atom stereocenters. The van der Waals surface area contributed by atoms with Gasteiger partial charge in [0.15, 0.2) is 0 Å². The van der Waals surface area contributed by atoms with Crippen LogP contribution in [0.15, 0.2) is 36.5 Å². The summed E-state index contributed by atoms with van der Waals surface area (Å²) in [6, 6.07) is 10.2. The molecule has 4 heteroatoms. The first-order valence-corrected chi connectivity index (χ1v) is 8.21. The average molecular weight is 326 g/mol. The van der Waals surface area contributed by atoms with E-state index >= 15 is 0 Å². The molecule has 0 fully saturated rings. The molecule has 0 aliphatic heterocycles. The van der Waals surface area contributed by atoms with Crippen LogP contribution in [0, 0.1) is 6.92 Å². The van der Waals surface area contributed by atoms with Crippen LogP contribution in [0.4, 0.5) is 11.5 Å². The van der Waals surface area contributed by atoms with Gasteiger partial charge < -0.3 is 9.64 Å². The summed E-state index contributed by atoms with van der Waals surface area (Å²) in [6.07, 6.45) is 1.56. The molecule has 4 nitrogen and oxygen atoms in total. The molecule has 0 aliphatic carbocycles. The van der Waals surface area contributed by atoms with Crippen molar-refractivity contribution in [2.24, 2.45) is 0 Å². The van der Waals surface area contributed by atoms with Gasteiger partial charge in [-0.25, -0.2) is 9.78 Å². The summed E-state index contributed by atoms with van der Waals surface area (Å²) in [4.78, 5) is 18.2. The lowest BCUT2D eigenvalue weighted by Crippen LogP contribution is -2.20. The Balaban J connectivity index is 2.43. The molecule has 1 heterocycles. The van der Waals surface area contributed by atoms with Crippen molar-refractivity contribution in [3.8, 4) is 0 Å². The van der Waals surface area contributed by atoms with Crippen LogP contribution in [0.25, 0.3) is 0 Å². The Labute approximate surface area is 144 Å². The molecule has 0 saturated carbocycles. The molecular weight excluding hydrogens is 300 g/mol. The van der Waals surface area contributed by atoms with Crippen molar-refractivity contribution >= 4 is 17.5 Å². The smallest absolute Gasteiger partial charge is 0.339 e. The van der Waals surface area contributed by atoms with Crippen molar-refractivity contribution < 1.29 is 9.53 Å². The number of esters is 1. The normalized spacial score (nSPS) is 11.2. The van der Waals surface area contributed by atoms with Gasteiger partial charge in [-0.2, -0.15) is 0 Å². The van der Waals surface area contributed by atoms with Crippen LogP contribution in [-0.2, 0) is 10.2 Å². The van der Waals surface area contributed by atoms with Crippen molar-refractivity contribution in [1.29, 1.82) is 0 Å². The number of anilines is 2. The van der Waals surface area contributed by atoms with Gasteiger partial charge in [0.2, 0.25) is 0 Å². The van der Waals surface area contributed by atoms with E-state index < -0.39 is 0 Å². The quantitative estimate of drug-likeness (QED) is 0.768. The van der Waals surface area contributed by atoms with Crippen LogP contribution in [0.1, 0.15) is 49.2 Å². The lowest BCUT2D eigenvalue weighted by molar-refractivity contribution is 0.0600. The van der Waals surface area contributed by atoms with Gasteiger partial charge in [-0.15, -0.1) is 0 Å². The van der Waals surface area contributed by atoms with Gasteiger partial charge in [0, 0.05) is 18.4 Å². The van der Waals surface area contributed by atoms with Gasteiger partial charge >= 0.3 is 5.97 Å². The molecule has 0 N–H and O–H groups in total. The minimum absolute atomic E-state index is 0.0873. The number of ether oxygens (including phenoxy) is 1. The Morgan fingerprint density at radius 1 is 1.21 bits per heavy atom. The summed E-state index contributed by atoms with van der Waals surface area (Å²) in [5.74, 6) is 0.447. The molecule has 0 amide bonds. The maximum Gasteiger partial charge on any atom is 0.339 e. The third kappa shape index (κ3) is 3.75. The maximum atomic E-state index is 11.6. The van der Waals surface area contributed by atoms with Crippen molar-refractivity contribution in [2.75, 3.05) is 18.6 Å². The highest BCUT2D eigenvalue weighted by Gasteiger charge is 2.18. The largest absolute Gasteiger partial charge is 0.465 e. The van der Waals surface area contributed by atoms with Crippen molar-refractivity contribution in [3.05, 3.63) is 53.2 Å². The number of aryl methyl sites for hydroxylation is 1. The van der Waals surface area contributed by atoms with E-state index in [-0.39, 0.29) is 11.4 Å². The number of carbonyl (C=O) groups excluding carboxylic acids is 1. The maximum absolute atomic E-state index is 11.6. The Morgan fingerprint density at radius 2 is 1.92 bits per heavy atom. The lowest BCUT2D eigenvalue weighted by Gasteiger charge is -2.27. The van der Waals surface area contributed by atoms with E-state index in [0.717, 1.165) is 18.1 Å². The van der Waals surface area contributed by atoms with Gasteiger partial charge in [0.25, 0.3) is 0 Å². The Kier molecular flexibility index (Phi) is 5.27. The van der Waals surface area contributed by atoms with Gasteiger partial charge in [0.05, 0.1) is 12.7 Å². The number of hydrogen-bond donors (Lipinski definition) is 0. The zero-order valence-corrected chi connectivity index (χ0v) is 15.4. The third-order valence-corrected chi connectivity index (χ3v) is 4.13. The summed E-state index contributed by atoms with van der Waals surface area (Å²) < 4.78 is 4.73. The van der Waals surface area contributed by atoms with E-state index in [0.29, 0.717) is 5.56 Å². The molecule has 0 aliphatic rings. The highest BCUT2D eigenvalue weighted by atomic mass is 16.5. The number of benzene rings is 1. The predicted octanol–water partition coefficient (Wildman–Crippen LogP) is 4.63. The van der Waals surface area contributed by atoms with Crippen LogP contribution >= 0.6 is 0 Å². The summed E-state index contributed by atoms with van der Waals surface area (Å²) >= 11 is 0. The molecule has 1 aromatic carbocycles. The molecule has 24 heavy (non-hydrogen) atoms. The second-order valence-electron chi connectivity index (χ2n) is 6.89. The van der Waals surface area contributed by atoms with Crippen LogP contribution in [0.2, 0.25) is 0 Å². The van der Waals surface area contributed by atoms with Crippen LogP contribution in [0.5, 0.6) is 0 Å². The lowest BCUT2D eigenvalue weighted by atomic mass is 9.86. The van der Waals surface area contributed by atoms with Crippen molar-refractivity contribution in [1.82, 2.24) is 4.98 Å². The number of aromatic nitrogens is 1. The highest BCUT2D eigenvalue weighted by molar-refractivity contribution is 5.89. The SMILES string of the molecule is CCN(c1ccc(C(=O)OC)cn1)c1cc(C(C)(C)C)ccc1C. The van der Waals surface area contributed by atoms with E-state index in [1.54, 1.807) is 12.3 Å². The Hall–Kier alpha value is -2.36. The minimum atomic E-state index is -0.372. The minimum Gasteiger partial charge on any atom is -0.465 e. The first kappa shape index (κ1) is 18.0. The Morgan fingerprint density at radius 3 is 2.42 bits per heavy atom. The van der Waals surface area contributed by atoms with E-state index in [4.69, 9.17) is 4.74 Å². The van der Waals surface area contributed by atoms with E-state index in [2.05, 4.69) is 62.7 Å². The number of rotatable bonds is 4. The third-order valence-electron chi connectivity index (χ3n) is 4.13. The van der Waals surface area contributed by atoms with E-state index in [1.807, 2.05) is 6.07 Å². The fourth-order valence-corrected chi connectivity index (χ4v) is 2.61. The zero-order chi connectivity index (χ0) is 17.9. The Bertz CT molecular complexity index is 715. The second-order valence-corrected chi connectivity index (χ2v) is 6.89. The molecule has 0 radical (unpaired) electrons. The topological polar surface area (TPSA) is 42.4 Å². The first-order valence-electron chi connectivity index (χ1n) is 8.21. The first-order chi connectivity index (χ1) is 11.3. The van der Waals surface area contributed by atoms with Gasteiger partial charge in [-0.1, -0.05) is 32.9 Å². The number of nitrogens with zero attached hydrogens (tertiary/aromatic N) is 2. The molecule has 0 unspecified atom stereocenters. The molecule has 128 valence electrons. The number of hydrogen-bond acceptors (Lipinski definition) is 4. The molecule has 0 spiro atoms. The standard InChI is InChI=1S/C20H26N2O2/c1-7-22(18-11-9-15(13-21-18)19(23)24-6)17-12-16(20(3,4)5)10-8-14(17)2/h8-13H,7H2,1-6H3. The molecule has 0 saturated heterocycles. The van der Waals surface area contributed by atoms with Crippen molar-refractivity contribution in [3.63, 3.8) is 0 Å². The van der Waals surface area contributed by atoms with Crippen LogP contribution in [-0.4, -0.2) is 24.6 Å². The molecule has 1 aromatic heterocycles. The monoisotopic (exact) mass is 326 g/mol. The fourth-order valence-electron chi connectivity index (χ4n) is 2.61. The molecular formula is C20H26N2O2. The molecule has 2 aromatic rings. The van der Waals surface area contributed by atoms with Crippen molar-refractivity contribution in [2.45, 2.75) is 40.0 Å². The summed E-state index contributed by atoms with van der Waals surface area (Å²) in [5.41, 5.74) is 4.17. The van der Waals surface area contributed by atoms with E-state index in [1.165, 1.54) is 18.2 Å².